The highest BCUT2D eigenvalue weighted by atomic mass is 32.2. The van der Waals surface area contributed by atoms with Crippen molar-refractivity contribution in [3.63, 3.8) is 0 Å². The number of aromatic nitrogens is 2. The smallest absolute Gasteiger partial charge is 0.270 e. The highest BCUT2D eigenvalue weighted by Crippen LogP contribution is 2.23. The molecule has 1 fully saturated rings. The van der Waals surface area contributed by atoms with E-state index in [1.54, 1.807) is 36.2 Å². The molecule has 0 aliphatic carbocycles. The van der Waals surface area contributed by atoms with Crippen molar-refractivity contribution in [2.45, 2.75) is 11.8 Å². The summed E-state index contributed by atoms with van der Waals surface area (Å²) in [6, 6.07) is 8.14. The first-order chi connectivity index (χ1) is 12.4. The van der Waals surface area contributed by atoms with Crippen LogP contribution in [0, 0.1) is 6.92 Å². The Balaban J connectivity index is 1.51. The van der Waals surface area contributed by atoms with Crippen LogP contribution in [0.25, 0.3) is 11.1 Å². The van der Waals surface area contributed by atoms with Gasteiger partial charge >= 0.3 is 0 Å². The van der Waals surface area contributed by atoms with E-state index in [1.165, 1.54) is 16.4 Å². The van der Waals surface area contributed by atoms with Gasteiger partial charge in [0.15, 0.2) is 11.5 Å². The number of oxazole rings is 1. The number of aryl methyl sites for hydroxylation is 1. The van der Waals surface area contributed by atoms with Crippen molar-refractivity contribution in [3.05, 3.63) is 48.1 Å². The minimum absolute atomic E-state index is 0.119. The summed E-state index contributed by atoms with van der Waals surface area (Å²) in [5.41, 5.74) is 1.58. The van der Waals surface area contributed by atoms with Crippen LogP contribution < -0.4 is 0 Å². The number of piperazine rings is 1. The van der Waals surface area contributed by atoms with Crippen LogP contribution in [-0.2, 0) is 10.0 Å². The van der Waals surface area contributed by atoms with Crippen LogP contribution in [0.2, 0.25) is 0 Å². The second kappa shape index (κ2) is 6.26. The van der Waals surface area contributed by atoms with Crippen LogP contribution in [0.15, 0.2) is 45.8 Å². The molecule has 26 heavy (non-hydrogen) atoms. The molecule has 0 bridgehead atoms. The lowest BCUT2D eigenvalue weighted by molar-refractivity contribution is 0.0692. The molecule has 8 nitrogen and oxygen atoms in total. The molecule has 4 rings (SSSR count). The van der Waals surface area contributed by atoms with Gasteiger partial charge in [0.25, 0.3) is 5.91 Å². The Morgan fingerprint density at radius 2 is 1.96 bits per heavy atom. The van der Waals surface area contributed by atoms with Gasteiger partial charge in [-0.25, -0.2) is 13.4 Å². The molecule has 136 valence electrons. The fourth-order valence-electron chi connectivity index (χ4n) is 3.10. The Morgan fingerprint density at radius 1 is 1.19 bits per heavy atom. The zero-order valence-corrected chi connectivity index (χ0v) is 15.0. The molecular weight excluding hydrogens is 356 g/mol. The van der Waals surface area contributed by atoms with Gasteiger partial charge in [0.1, 0.15) is 11.2 Å². The first kappa shape index (κ1) is 16.8. The minimum atomic E-state index is -3.64. The number of benzene rings is 1. The Bertz CT molecular complexity index is 1050. The van der Waals surface area contributed by atoms with E-state index in [4.69, 9.17) is 4.42 Å². The maximum Gasteiger partial charge on any atom is 0.270 e. The van der Waals surface area contributed by atoms with E-state index in [9.17, 15) is 13.2 Å². The molecule has 0 spiro atoms. The van der Waals surface area contributed by atoms with Gasteiger partial charge in [-0.1, -0.05) is 0 Å². The number of rotatable bonds is 3. The van der Waals surface area contributed by atoms with E-state index < -0.39 is 10.0 Å². The van der Waals surface area contributed by atoms with Gasteiger partial charge in [-0.2, -0.15) is 4.31 Å². The first-order valence-electron chi connectivity index (χ1n) is 8.25. The van der Waals surface area contributed by atoms with Crippen molar-refractivity contribution in [3.8, 4) is 0 Å². The van der Waals surface area contributed by atoms with E-state index in [2.05, 4.69) is 9.97 Å². The van der Waals surface area contributed by atoms with Gasteiger partial charge in [0.2, 0.25) is 10.0 Å². The van der Waals surface area contributed by atoms with Crippen molar-refractivity contribution in [2.24, 2.45) is 0 Å². The van der Waals surface area contributed by atoms with Gasteiger partial charge in [0.05, 0.1) is 4.90 Å². The van der Waals surface area contributed by atoms with Gasteiger partial charge < -0.3 is 14.3 Å². The molecule has 3 heterocycles. The SMILES string of the molecule is Cc1nc2cc(S(=O)(=O)N3CCN(C(=O)c4ccc[nH]4)CC3)ccc2o1. The quantitative estimate of drug-likeness (QED) is 0.751. The summed E-state index contributed by atoms with van der Waals surface area (Å²) in [6.45, 7) is 2.93. The monoisotopic (exact) mass is 374 g/mol. The predicted molar refractivity (Wildman–Crippen MR) is 94.2 cm³/mol. The molecule has 2 aromatic heterocycles. The fourth-order valence-corrected chi connectivity index (χ4v) is 4.54. The summed E-state index contributed by atoms with van der Waals surface area (Å²) in [7, 11) is -3.64. The van der Waals surface area contributed by atoms with Crippen LogP contribution in [-0.4, -0.2) is 59.7 Å². The Kier molecular flexibility index (Phi) is 4.04. The van der Waals surface area contributed by atoms with Crippen molar-refractivity contribution in [1.82, 2.24) is 19.2 Å². The fraction of sp³-hybridized carbons (Fsp3) is 0.294. The van der Waals surface area contributed by atoms with Crippen molar-refractivity contribution < 1.29 is 17.6 Å². The van der Waals surface area contributed by atoms with E-state index >= 15 is 0 Å². The number of nitrogens with zero attached hydrogens (tertiary/aromatic N) is 3. The van der Waals surface area contributed by atoms with E-state index in [-0.39, 0.29) is 23.9 Å². The molecule has 1 amide bonds. The first-order valence-corrected chi connectivity index (χ1v) is 9.69. The Morgan fingerprint density at radius 3 is 2.65 bits per heavy atom. The molecule has 1 aliphatic heterocycles. The third kappa shape index (κ3) is 2.89. The number of amides is 1. The molecule has 0 radical (unpaired) electrons. The maximum atomic E-state index is 12.9. The van der Waals surface area contributed by atoms with Crippen LogP contribution in [0.5, 0.6) is 0 Å². The minimum Gasteiger partial charge on any atom is -0.441 e. The molecule has 0 atom stereocenters. The maximum absolute atomic E-state index is 12.9. The molecule has 3 aromatic rings. The summed E-state index contributed by atoms with van der Waals surface area (Å²) in [4.78, 5) is 21.3. The number of nitrogens with one attached hydrogen (secondary N) is 1. The standard InChI is InChI=1S/C17H18N4O4S/c1-12-19-15-11-13(4-5-16(15)25-12)26(23,24)21-9-7-20(8-10-21)17(22)14-3-2-6-18-14/h2-6,11,18H,7-10H2,1H3. The number of sulfonamides is 1. The second-order valence-corrected chi connectivity index (χ2v) is 8.08. The average Bonchev–Trinajstić information content (AvgIpc) is 3.29. The number of carbonyl (C=O) groups is 1. The predicted octanol–water partition coefficient (Wildman–Crippen LogP) is 1.61. The molecule has 0 saturated carbocycles. The Labute approximate surface area is 150 Å². The number of hydrogen-bond acceptors (Lipinski definition) is 5. The zero-order chi connectivity index (χ0) is 18.3. The lowest BCUT2D eigenvalue weighted by atomic mass is 10.3. The highest BCUT2D eigenvalue weighted by molar-refractivity contribution is 7.89. The molecular formula is C17H18N4O4S. The lowest BCUT2D eigenvalue weighted by Gasteiger charge is -2.33. The molecule has 1 aliphatic rings. The second-order valence-electron chi connectivity index (χ2n) is 6.14. The third-order valence-corrected chi connectivity index (χ3v) is 6.35. The molecule has 1 N–H and O–H groups in total. The van der Waals surface area contributed by atoms with E-state index in [0.29, 0.717) is 35.8 Å². The summed E-state index contributed by atoms with van der Waals surface area (Å²) < 4.78 is 32.6. The molecule has 9 heteroatoms. The van der Waals surface area contributed by atoms with Crippen LogP contribution in [0.4, 0.5) is 0 Å². The van der Waals surface area contributed by atoms with Crippen molar-refractivity contribution in [2.75, 3.05) is 26.2 Å². The topological polar surface area (TPSA) is 99.5 Å². The van der Waals surface area contributed by atoms with E-state index in [1.807, 2.05) is 0 Å². The number of carbonyl (C=O) groups excluding carboxylic acids is 1. The average molecular weight is 374 g/mol. The van der Waals surface area contributed by atoms with Crippen molar-refractivity contribution >= 4 is 27.0 Å². The van der Waals surface area contributed by atoms with Gasteiger partial charge in [-0.15, -0.1) is 0 Å². The number of aromatic amines is 1. The van der Waals surface area contributed by atoms with Gasteiger partial charge in [-0.3, -0.25) is 4.79 Å². The number of H-pyrrole nitrogens is 1. The third-order valence-electron chi connectivity index (χ3n) is 4.46. The summed E-state index contributed by atoms with van der Waals surface area (Å²) in [5, 5.41) is 0. The van der Waals surface area contributed by atoms with E-state index in [0.717, 1.165) is 0 Å². The summed E-state index contributed by atoms with van der Waals surface area (Å²) in [5.74, 6) is 0.373. The molecule has 1 saturated heterocycles. The van der Waals surface area contributed by atoms with Crippen LogP contribution in [0.3, 0.4) is 0 Å². The summed E-state index contributed by atoms with van der Waals surface area (Å²) in [6.07, 6.45) is 1.69. The lowest BCUT2D eigenvalue weighted by Crippen LogP contribution is -2.50. The van der Waals surface area contributed by atoms with Gasteiger partial charge in [0, 0.05) is 39.3 Å². The molecule has 0 unspecified atom stereocenters. The van der Waals surface area contributed by atoms with Crippen LogP contribution in [0.1, 0.15) is 16.4 Å². The zero-order valence-electron chi connectivity index (χ0n) is 14.2. The van der Waals surface area contributed by atoms with Crippen molar-refractivity contribution in [1.29, 1.82) is 0 Å². The largest absolute Gasteiger partial charge is 0.441 e. The van der Waals surface area contributed by atoms with Gasteiger partial charge in [-0.05, 0) is 30.3 Å². The normalized spacial score (nSPS) is 16.3. The summed E-state index contributed by atoms with van der Waals surface area (Å²) >= 11 is 0. The molecule has 1 aromatic carbocycles. The number of fused-ring (bicyclic) bond motifs is 1. The number of hydrogen-bond donors (Lipinski definition) is 1. The Hall–Kier alpha value is -2.65. The highest BCUT2D eigenvalue weighted by Gasteiger charge is 2.31. The van der Waals surface area contributed by atoms with Crippen LogP contribution >= 0.6 is 0 Å².